The molecule has 0 bridgehead atoms. The predicted molar refractivity (Wildman–Crippen MR) is 85.1 cm³/mol. The van der Waals surface area contributed by atoms with Gasteiger partial charge in [-0.15, -0.1) is 0 Å². The van der Waals surface area contributed by atoms with E-state index in [4.69, 9.17) is 16.0 Å². The third-order valence-electron chi connectivity index (χ3n) is 3.60. The van der Waals surface area contributed by atoms with Crippen LogP contribution in [0.4, 0.5) is 0 Å². The molecule has 0 saturated carbocycles. The van der Waals surface area contributed by atoms with Gasteiger partial charge in [0, 0.05) is 12.4 Å². The Kier molecular flexibility index (Phi) is 3.66. The van der Waals surface area contributed by atoms with Crippen molar-refractivity contribution in [3.8, 4) is 0 Å². The summed E-state index contributed by atoms with van der Waals surface area (Å²) in [4.78, 5) is 12.4. The molecular weight excluding hydrogens is 302 g/mol. The smallest absolute Gasteiger partial charge is 0.256 e. The van der Waals surface area contributed by atoms with Gasteiger partial charge >= 0.3 is 0 Å². The van der Waals surface area contributed by atoms with Crippen molar-refractivity contribution in [2.24, 2.45) is 7.05 Å². The Hall–Kier alpha value is -2.27. The summed E-state index contributed by atoms with van der Waals surface area (Å²) in [5.74, 6) is 0.441. The number of furan rings is 1. The number of benzene rings is 1. The molecule has 2 aromatic heterocycles. The molecule has 3 aromatic rings. The van der Waals surface area contributed by atoms with Crippen LogP contribution in [0.5, 0.6) is 0 Å². The van der Waals surface area contributed by atoms with Gasteiger partial charge in [0.25, 0.3) is 5.91 Å². The number of nitrogens with zero attached hydrogens (tertiary/aromatic N) is 2. The largest absolute Gasteiger partial charge is 0.459 e. The van der Waals surface area contributed by atoms with Crippen molar-refractivity contribution in [2.75, 3.05) is 0 Å². The minimum atomic E-state index is -0.268. The molecule has 0 aliphatic carbocycles. The van der Waals surface area contributed by atoms with Crippen LogP contribution in [0, 0.1) is 6.92 Å². The topological polar surface area (TPSA) is 60.1 Å². The summed E-state index contributed by atoms with van der Waals surface area (Å²) in [6, 6.07) is 9.39. The second kappa shape index (κ2) is 5.50. The molecule has 0 saturated heterocycles. The molecule has 5 nitrogen and oxygen atoms in total. The molecule has 1 N–H and O–H groups in total. The molecule has 3 rings (SSSR count). The minimum absolute atomic E-state index is 0.261. The molecule has 1 atom stereocenters. The first-order valence-electron chi connectivity index (χ1n) is 6.96. The number of hydrogen-bond donors (Lipinski definition) is 1. The van der Waals surface area contributed by atoms with Crippen LogP contribution < -0.4 is 5.32 Å². The highest BCUT2D eigenvalue weighted by Crippen LogP contribution is 2.25. The van der Waals surface area contributed by atoms with Crippen LogP contribution >= 0.6 is 11.6 Å². The van der Waals surface area contributed by atoms with Gasteiger partial charge in [0.1, 0.15) is 16.5 Å². The second-order valence-corrected chi connectivity index (χ2v) is 5.61. The van der Waals surface area contributed by atoms with Gasteiger partial charge in [0.15, 0.2) is 0 Å². The molecule has 0 radical (unpaired) electrons. The molecular formula is C16H16ClN3O2. The van der Waals surface area contributed by atoms with Crippen LogP contribution in [0.2, 0.25) is 5.15 Å². The van der Waals surface area contributed by atoms with Gasteiger partial charge in [-0.05, 0) is 26.0 Å². The lowest BCUT2D eigenvalue weighted by Gasteiger charge is -2.11. The van der Waals surface area contributed by atoms with Gasteiger partial charge < -0.3 is 9.73 Å². The maximum Gasteiger partial charge on any atom is 0.256 e. The fourth-order valence-electron chi connectivity index (χ4n) is 2.44. The number of halogens is 1. The van der Waals surface area contributed by atoms with Gasteiger partial charge in [0.2, 0.25) is 0 Å². The number of rotatable bonds is 3. The Morgan fingerprint density at radius 1 is 1.41 bits per heavy atom. The molecule has 0 aliphatic rings. The number of nitrogens with one attached hydrogen (secondary N) is 1. The summed E-state index contributed by atoms with van der Waals surface area (Å²) in [5.41, 5.74) is 1.79. The van der Waals surface area contributed by atoms with Gasteiger partial charge in [-0.2, -0.15) is 5.10 Å². The molecule has 1 aromatic carbocycles. The van der Waals surface area contributed by atoms with E-state index >= 15 is 0 Å². The Balaban J connectivity index is 1.84. The first-order valence-corrected chi connectivity index (χ1v) is 7.33. The zero-order chi connectivity index (χ0) is 15.9. The van der Waals surface area contributed by atoms with Gasteiger partial charge in [-0.3, -0.25) is 9.48 Å². The molecule has 0 fully saturated rings. The standard InChI is InChI=1S/C16H16ClN3O2/c1-9(13-8-11-6-4-5-7-12(11)22-13)18-16(21)14-10(2)19-20(3)15(14)17/h4-9H,1-3H3,(H,18,21). The normalized spacial score (nSPS) is 12.5. The fourth-order valence-corrected chi connectivity index (χ4v) is 2.70. The highest BCUT2D eigenvalue weighted by atomic mass is 35.5. The number of fused-ring (bicyclic) bond motifs is 1. The maximum absolute atomic E-state index is 12.4. The van der Waals surface area contributed by atoms with E-state index in [1.54, 1.807) is 14.0 Å². The monoisotopic (exact) mass is 317 g/mol. The predicted octanol–water partition coefficient (Wildman–Crippen LogP) is 3.62. The van der Waals surface area contributed by atoms with E-state index in [0.29, 0.717) is 22.2 Å². The van der Waals surface area contributed by atoms with Gasteiger partial charge in [-0.25, -0.2) is 0 Å². The van der Waals surface area contributed by atoms with Crippen LogP contribution in [0.15, 0.2) is 34.7 Å². The average molecular weight is 318 g/mol. The van der Waals surface area contributed by atoms with E-state index in [-0.39, 0.29) is 11.9 Å². The maximum atomic E-state index is 12.4. The quantitative estimate of drug-likeness (QED) is 0.802. The van der Waals surface area contributed by atoms with Crippen LogP contribution in [-0.4, -0.2) is 15.7 Å². The number of amides is 1. The Labute approximate surface area is 132 Å². The second-order valence-electron chi connectivity index (χ2n) is 5.26. The lowest BCUT2D eigenvalue weighted by molar-refractivity contribution is 0.0935. The number of carbonyl (C=O) groups is 1. The third kappa shape index (κ3) is 2.48. The lowest BCUT2D eigenvalue weighted by Crippen LogP contribution is -2.27. The van der Waals surface area contributed by atoms with E-state index in [2.05, 4.69) is 10.4 Å². The molecule has 1 amide bonds. The number of aryl methyl sites for hydroxylation is 2. The van der Waals surface area contributed by atoms with Crippen molar-refractivity contribution >= 4 is 28.5 Å². The number of para-hydroxylation sites is 1. The first-order chi connectivity index (χ1) is 10.5. The molecule has 1 unspecified atom stereocenters. The summed E-state index contributed by atoms with van der Waals surface area (Å²) >= 11 is 6.12. The molecule has 114 valence electrons. The summed E-state index contributed by atoms with van der Waals surface area (Å²) in [6.07, 6.45) is 0. The van der Waals surface area contributed by atoms with Crippen LogP contribution in [0.25, 0.3) is 11.0 Å². The summed E-state index contributed by atoms with van der Waals surface area (Å²) in [7, 11) is 1.70. The zero-order valence-corrected chi connectivity index (χ0v) is 13.3. The highest BCUT2D eigenvalue weighted by Gasteiger charge is 2.22. The van der Waals surface area contributed by atoms with Crippen molar-refractivity contribution < 1.29 is 9.21 Å². The van der Waals surface area contributed by atoms with E-state index in [9.17, 15) is 4.79 Å². The van der Waals surface area contributed by atoms with Crippen molar-refractivity contribution in [2.45, 2.75) is 19.9 Å². The lowest BCUT2D eigenvalue weighted by atomic mass is 10.2. The number of carbonyl (C=O) groups excluding carboxylic acids is 1. The van der Waals surface area contributed by atoms with Crippen LogP contribution in [0.3, 0.4) is 0 Å². The Morgan fingerprint density at radius 2 is 2.14 bits per heavy atom. The number of hydrogen-bond acceptors (Lipinski definition) is 3. The van der Waals surface area contributed by atoms with E-state index < -0.39 is 0 Å². The minimum Gasteiger partial charge on any atom is -0.459 e. The van der Waals surface area contributed by atoms with Crippen LogP contribution in [0.1, 0.15) is 34.8 Å². The van der Waals surface area contributed by atoms with Crippen molar-refractivity contribution in [3.63, 3.8) is 0 Å². The Bertz CT molecular complexity index is 817. The van der Waals surface area contributed by atoms with Crippen LogP contribution in [-0.2, 0) is 7.05 Å². The molecule has 22 heavy (non-hydrogen) atoms. The molecule has 6 heteroatoms. The SMILES string of the molecule is Cc1nn(C)c(Cl)c1C(=O)NC(C)c1cc2ccccc2o1. The summed E-state index contributed by atoms with van der Waals surface area (Å²) in [6.45, 7) is 3.63. The Morgan fingerprint density at radius 3 is 2.77 bits per heavy atom. The van der Waals surface area contributed by atoms with E-state index in [1.165, 1.54) is 4.68 Å². The zero-order valence-electron chi connectivity index (χ0n) is 12.6. The summed E-state index contributed by atoms with van der Waals surface area (Å²) in [5, 5.41) is 8.38. The van der Waals surface area contributed by atoms with Crippen molar-refractivity contribution in [1.82, 2.24) is 15.1 Å². The highest BCUT2D eigenvalue weighted by molar-refractivity contribution is 6.33. The number of aromatic nitrogens is 2. The first kappa shape index (κ1) is 14.7. The van der Waals surface area contributed by atoms with Gasteiger partial charge in [-0.1, -0.05) is 29.8 Å². The van der Waals surface area contributed by atoms with Gasteiger partial charge in [0.05, 0.1) is 17.3 Å². The summed E-state index contributed by atoms with van der Waals surface area (Å²) < 4.78 is 7.25. The fraction of sp³-hybridized carbons (Fsp3) is 0.250. The molecule has 2 heterocycles. The average Bonchev–Trinajstić information content (AvgIpc) is 3.00. The molecule has 0 spiro atoms. The van der Waals surface area contributed by atoms with E-state index in [1.807, 2.05) is 37.3 Å². The third-order valence-corrected chi connectivity index (χ3v) is 4.03. The molecule has 0 aliphatic heterocycles. The van der Waals surface area contributed by atoms with E-state index in [0.717, 1.165) is 11.0 Å². The van der Waals surface area contributed by atoms with Crippen molar-refractivity contribution in [3.05, 3.63) is 52.5 Å². The van der Waals surface area contributed by atoms with Crippen molar-refractivity contribution in [1.29, 1.82) is 0 Å².